The number of carbonyl (C=O) groups is 3. The van der Waals surface area contributed by atoms with Gasteiger partial charge in [0.25, 0.3) is 0 Å². The number of amides is 4. The van der Waals surface area contributed by atoms with Crippen LogP contribution >= 0.6 is 0 Å². The number of nitrogens with one attached hydrogen (secondary N) is 1. The van der Waals surface area contributed by atoms with Crippen molar-refractivity contribution in [1.82, 2.24) is 10.2 Å². The minimum Gasteiger partial charge on any atom is -0.364 e. The lowest BCUT2D eigenvalue weighted by Crippen LogP contribution is -2.73. The van der Waals surface area contributed by atoms with Crippen molar-refractivity contribution in [2.45, 2.75) is 32.7 Å². The highest BCUT2D eigenvalue weighted by atomic mass is 19.1. The van der Waals surface area contributed by atoms with Crippen LogP contribution in [-0.4, -0.2) is 42.4 Å². The molecule has 3 aliphatic heterocycles. The number of imide groups is 2. The van der Waals surface area contributed by atoms with Crippen molar-refractivity contribution >= 4 is 23.5 Å². The van der Waals surface area contributed by atoms with Gasteiger partial charge in [-0.2, -0.15) is 0 Å². The highest BCUT2D eigenvalue weighted by Crippen LogP contribution is 2.50. The van der Waals surface area contributed by atoms with Gasteiger partial charge in [-0.05, 0) is 36.3 Å². The van der Waals surface area contributed by atoms with Crippen LogP contribution in [0.25, 0.3) is 0 Å². The second kappa shape index (κ2) is 5.53. The molecule has 0 bridgehead atoms. The number of nitrogens with zero attached hydrogens (tertiary/aromatic N) is 2. The van der Waals surface area contributed by atoms with Crippen molar-refractivity contribution in [2.75, 3.05) is 18.5 Å². The Kier molecular flexibility index (Phi) is 3.61. The summed E-state index contributed by atoms with van der Waals surface area (Å²) < 4.78 is 14.7. The molecular weight excluding hydrogens is 337 g/mol. The maximum Gasteiger partial charge on any atom is 0.330 e. The summed E-state index contributed by atoms with van der Waals surface area (Å²) in [5.41, 5.74) is -0.293. The molecule has 26 heavy (non-hydrogen) atoms. The van der Waals surface area contributed by atoms with Gasteiger partial charge in [0.15, 0.2) is 5.41 Å². The summed E-state index contributed by atoms with van der Waals surface area (Å²) in [5.74, 6) is -1.10. The third kappa shape index (κ3) is 2.06. The molecule has 0 unspecified atom stereocenters. The van der Waals surface area contributed by atoms with Gasteiger partial charge < -0.3 is 4.90 Å². The number of para-hydroxylation sites is 1. The first-order valence-electron chi connectivity index (χ1n) is 8.95. The fourth-order valence-corrected chi connectivity index (χ4v) is 5.20. The van der Waals surface area contributed by atoms with E-state index in [1.807, 2.05) is 11.8 Å². The van der Waals surface area contributed by atoms with E-state index in [2.05, 4.69) is 12.2 Å². The monoisotopic (exact) mass is 359 g/mol. The molecule has 4 atom stereocenters. The average Bonchev–Trinajstić information content (AvgIpc) is 2.57. The molecule has 0 radical (unpaired) electrons. The fourth-order valence-electron chi connectivity index (χ4n) is 5.20. The first kappa shape index (κ1) is 17.0. The number of rotatable bonds is 0. The quantitative estimate of drug-likeness (QED) is 0.719. The zero-order chi connectivity index (χ0) is 18.8. The lowest BCUT2D eigenvalue weighted by atomic mass is 9.62. The van der Waals surface area contributed by atoms with Gasteiger partial charge in [0.05, 0.1) is 11.7 Å². The van der Waals surface area contributed by atoms with Crippen molar-refractivity contribution in [3.63, 3.8) is 0 Å². The van der Waals surface area contributed by atoms with Crippen LogP contribution in [0.5, 0.6) is 0 Å². The standard InChI is InChI=1S/C19H22FN3O3/c1-10-7-11(2)15-19(16(24)21-18(26)22(3)17(19)25)8-12-5-4-6-13(20)14(12)23(15)9-10/h4-6,10-11,15H,7-9H2,1-3H3,(H,21,24,26)/t10-,11+,15-,19+/m1/s1. The Morgan fingerprint density at radius 3 is 2.69 bits per heavy atom. The molecule has 1 N–H and O–H groups in total. The molecule has 2 saturated heterocycles. The minimum atomic E-state index is -1.41. The fraction of sp³-hybridized carbons (Fsp3) is 0.526. The van der Waals surface area contributed by atoms with Crippen molar-refractivity contribution in [2.24, 2.45) is 17.3 Å². The largest absolute Gasteiger partial charge is 0.364 e. The zero-order valence-corrected chi connectivity index (χ0v) is 15.1. The van der Waals surface area contributed by atoms with Gasteiger partial charge in [0.1, 0.15) is 5.82 Å². The van der Waals surface area contributed by atoms with Crippen LogP contribution in [0.3, 0.4) is 0 Å². The lowest BCUT2D eigenvalue weighted by molar-refractivity contribution is -0.154. The number of hydrogen-bond acceptors (Lipinski definition) is 4. The molecular formula is C19H22FN3O3. The van der Waals surface area contributed by atoms with E-state index in [0.717, 1.165) is 11.3 Å². The summed E-state index contributed by atoms with van der Waals surface area (Å²) in [5, 5.41) is 2.34. The number of piperidine rings is 1. The van der Waals surface area contributed by atoms with Crippen molar-refractivity contribution in [3.05, 3.63) is 29.6 Å². The first-order chi connectivity index (χ1) is 12.3. The molecule has 7 heteroatoms. The van der Waals surface area contributed by atoms with Crippen molar-refractivity contribution < 1.29 is 18.8 Å². The Hall–Kier alpha value is -2.44. The highest BCUT2D eigenvalue weighted by molar-refractivity contribution is 6.20. The number of urea groups is 1. The van der Waals surface area contributed by atoms with Crippen LogP contribution in [0.15, 0.2) is 18.2 Å². The number of halogens is 1. The summed E-state index contributed by atoms with van der Waals surface area (Å²) in [7, 11) is 1.38. The molecule has 6 nitrogen and oxygen atoms in total. The van der Waals surface area contributed by atoms with Crippen LogP contribution in [-0.2, 0) is 16.0 Å². The summed E-state index contributed by atoms with van der Waals surface area (Å²) in [6.45, 7) is 4.66. The lowest BCUT2D eigenvalue weighted by Gasteiger charge is -2.56. The molecule has 3 aliphatic rings. The van der Waals surface area contributed by atoms with E-state index in [1.54, 1.807) is 12.1 Å². The SMILES string of the molecule is C[C@@H]1C[C@H](C)[C@H]2N(C1)c1c(F)cccc1C[C@@]21C(=O)NC(=O)N(C)C1=O. The van der Waals surface area contributed by atoms with Crippen molar-refractivity contribution in [3.8, 4) is 0 Å². The molecule has 0 aromatic heterocycles. The average molecular weight is 359 g/mol. The number of hydrogen-bond donors (Lipinski definition) is 1. The summed E-state index contributed by atoms with van der Waals surface area (Å²) >= 11 is 0. The number of fused-ring (bicyclic) bond motifs is 4. The predicted octanol–water partition coefficient (Wildman–Crippen LogP) is 1.93. The number of carbonyl (C=O) groups excluding carboxylic acids is 3. The third-order valence-electron chi connectivity index (χ3n) is 6.11. The van der Waals surface area contributed by atoms with Gasteiger partial charge in [0.2, 0.25) is 11.8 Å². The molecule has 3 heterocycles. The second-order valence-electron chi connectivity index (χ2n) is 7.93. The van der Waals surface area contributed by atoms with E-state index in [-0.39, 0.29) is 18.2 Å². The summed E-state index contributed by atoms with van der Waals surface area (Å²) in [6.07, 6.45) is 0.938. The Labute approximate surface area is 151 Å². The van der Waals surface area contributed by atoms with Crippen molar-refractivity contribution in [1.29, 1.82) is 0 Å². The second-order valence-corrected chi connectivity index (χ2v) is 7.93. The van der Waals surface area contributed by atoms with Gasteiger partial charge in [-0.3, -0.25) is 19.8 Å². The van der Waals surface area contributed by atoms with Crippen LogP contribution in [0, 0.1) is 23.1 Å². The highest BCUT2D eigenvalue weighted by Gasteiger charge is 2.63. The molecule has 1 aromatic rings. The molecule has 1 aromatic carbocycles. The molecule has 0 aliphatic carbocycles. The van der Waals surface area contributed by atoms with Gasteiger partial charge in [0, 0.05) is 13.6 Å². The number of anilines is 1. The van der Waals surface area contributed by atoms with E-state index < -0.39 is 29.3 Å². The maximum absolute atomic E-state index is 14.7. The normalized spacial score (nSPS) is 33.8. The maximum atomic E-state index is 14.7. The van der Waals surface area contributed by atoms with Crippen LogP contribution < -0.4 is 10.2 Å². The topological polar surface area (TPSA) is 69.7 Å². The van der Waals surface area contributed by atoms with Gasteiger partial charge in [-0.1, -0.05) is 26.0 Å². The number of benzene rings is 1. The van der Waals surface area contributed by atoms with E-state index in [0.29, 0.717) is 23.7 Å². The molecule has 0 saturated carbocycles. The minimum absolute atomic E-state index is 0.00260. The Balaban J connectivity index is 1.95. The van der Waals surface area contributed by atoms with E-state index in [1.165, 1.54) is 13.1 Å². The molecule has 2 fully saturated rings. The summed E-state index contributed by atoms with van der Waals surface area (Å²) in [6, 6.07) is 3.58. The predicted molar refractivity (Wildman–Crippen MR) is 92.9 cm³/mol. The molecule has 4 rings (SSSR count). The van der Waals surface area contributed by atoms with Gasteiger partial charge in [-0.25, -0.2) is 9.18 Å². The van der Waals surface area contributed by atoms with Gasteiger partial charge in [-0.15, -0.1) is 0 Å². The number of barbiturate groups is 1. The Morgan fingerprint density at radius 2 is 1.96 bits per heavy atom. The van der Waals surface area contributed by atoms with Crippen LogP contribution in [0.4, 0.5) is 14.9 Å². The Bertz CT molecular complexity index is 826. The molecule has 1 spiro atoms. The zero-order valence-electron chi connectivity index (χ0n) is 15.1. The first-order valence-corrected chi connectivity index (χ1v) is 8.95. The Morgan fingerprint density at radius 1 is 1.23 bits per heavy atom. The van der Waals surface area contributed by atoms with Gasteiger partial charge >= 0.3 is 6.03 Å². The van der Waals surface area contributed by atoms with E-state index >= 15 is 0 Å². The van der Waals surface area contributed by atoms with Crippen LogP contribution in [0.2, 0.25) is 0 Å². The molecule has 4 amide bonds. The van der Waals surface area contributed by atoms with E-state index in [4.69, 9.17) is 0 Å². The van der Waals surface area contributed by atoms with E-state index in [9.17, 15) is 18.8 Å². The smallest absolute Gasteiger partial charge is 0.330 e. The third-order valence-corrected chi connectivity index (χ3v) is 6.11. The summed E-state index contributed by atoms with van der Waals surface area (Å²) in [4.78, 5) is 41.0. The molecule has 138 valence electrons. The van der Waals surface area contributed by atoms with Crippen LogP contribution in [0.1, 0.15) is 25.8 Å².